The summed E-state index contributed by atoms with van der Waals surface area (Å²) in [5.74, 6) is -4.63. The zero-order valence-corrected chi connectivity index (χ0v) is 13.9. The average molecular weight is 332 g/mol. The van der Waals surface area contributed by atoms with E-state index >= 15 is 0 Å². The summed E-state index contributed by atoms with van der Waals surface area (Å²) >= 11 is 0. The van der Waals surface area contributed by atoms with Gasteiger partial charge in [0.25, 0.3) is 5.79 Å². The molecule has 2 rings (SSSR count). The summed E-state index contributed by atoms with van der Waals surface area (Å²) < 4.78 is 15.2. The fraction of sp³-hybridized carbons (Fsp3) is 0.389. The summed E-state index contributed by atoms with van der Waals surface area (Å²) in [6.45, 7) is 4.38. The van der Waals surface area contributed by atoms with E-state index < -0.39 is 35.5 Å². The Hall–Kier alpha value is -2.63. The maximum Gasteiger partial charge on any atom is 0.324 e. The van der Waals surface area contributed by atoms with Crippen LogP contribution >= 0.6 is 0 Å². The summed E-state index contributed by atoms with van der Waals surface area (Å²) in [4.78, 5) is 35.5. The molecule has 0 N–H and O–H groups in total. The molecule has 0 amide bonds. The van der Waals surface area contributed by atoms with Gasteiger partial charge in [-0.25, -0.2) is 0 Å². The van der Waals surface area contributed by atoms with Crippen LogP contribution in [0.2, 0.25) is 0 Å². The van der Waals surface area contributed by atoms with Gasteiger partial charge in [0.15, 0.2) is 5.92 Å². The Morgan fingerprint density at radius 3 is 2.33 bits per heavy atom. The van der Waals surface area contributed by atoms with Crippen molar-refractivity contribution in [2.24, 2.45) is 5.92 Å². The van der Waals surface area contributed by atoms with Crippen LogP contribution in [-0.4, -0.2) is 30.3 Å². The van der Waals surface area contributed by atoms with Gasteiger partial charge in [-0.2, -0.15) is 0 Å². The standard InChI is InChI=1S/C18H20O6/c1-12(19)22-11-7-10-14(13-8-5-4-6-9-13)15-16(20)23-18(2,3)24-17(15)21/h4-10,14-15H,11H2,1-3H3/b10-7+/t14-/m0/s1. The Labute approximate surface area is 140 Å². The Balaban J connectivity index is 2.27. The van der Waals surface area contributed by atoms with Crippen molar-refractivity contribution in [2.45, 2.75) is 32.5 Å². The highest BCUT2D eigenvalue weighted by molar-refractivity contribution is 5.98. The molecule has 6 nitrogen and oxygen atoms in total. The lowest BCUT2D eigenvalue weighted by Gasteiger charge is -2.35. The second kappa shape index (κ2) is 7.29. The number of ether oxygens (including phenoxy) is 3. The first-order valence-corrected chi connectivity index (χ1v) is 7.61. The Kier molecular flexibility index (Phi) is 5.39. The normalized spacial score (nSPS) is 18.8. The van der Waals surface area contributed by atoms with Crippen LogP contribution in [0.1, 0.15) is 32.3 Å². The average Bonchev–Trinajstić information content (AvgIpc) is 2.48. The van der Waals surface area contributed by atoms with Crippen molar-refractivity contribution in [1.82, 2.24) is 0 Å². The van der Waals surface area contributed by atoms with Crippen molar-refractivity contribution in [3.8, 4) is 0 Å². The molecular formula is C18H20O6. The monoisotopic (exact) mass is 332 g/mol. The zero-order valence-electron chi connectivity index (χ0n) is 13.9. The molecule has 1 aromatic carbocycles. The van der Waals surface area contributed by atoms with E-state index in [2.05, 4.69) is 0 Å². The molecule has 0 unspecified atom stereocenters. The molecule has 0 radical (unpaired) electrons. The van der Waals surface area contributed by atoms with E-state index in [1.165, 1.54) is 20.8 Å². The lowest BCUT2D eigenvalue weighted by molar-refractivity contribution is -0.240. The van der Waals surface area contributed by atoms with Crippen LogP contribution in [0.5, 0.6) is 0 Å². The van der Waals surface area contributed by atoms with Crippen molar-refractivity contribution in [1.29, 1.82) is 0 Å². The van der Waals surface area contributed by atoms with Crippen molar-refractivity contribution in [3.05, 3.63) is 48.0 Å². The molecule has 1 aromatic rings. The van der Waals surface area contributed by atoms with E-state index in [1.54, 1.807) is 24.3 Å². The first-order chi connectivity index (χ1) is 11.3. The summed E-state index contributed by atoms with van der Waals surface area (Å²) in [6.07, 6.45) is 3.25. The number of carbonyl (C=O) groups is 3. The SMILES string of the molecule is CC(=O)OC/C=C/[C@@H](c1ccccc1)C1C(=O)OC(C)(C)OC1=O. The van der Waals surface area contributed by atoms with Gasteiger partial charge < -0.3 is 14.2 Å². The van der Waals surface area contributed by atoms with E-state index in [0.717, 1.165) is 5.56 Å². The smallest absolute Gasteiger partial charge is 0.324 e. The second-order valence-electron chi connectivity index (χ2n) is 5.89. The van der Waals surface area contributed by atoms with Crippen LogP contribution in [0.4, 0.5) is 0 Å². The fourth-order valence-corrected chi connectivity index (χ4v) is 2.48. The molecule has 6 heteroatoms. The maximum atomic E-state index is 12.3. The topological polar surface area (TPSA) is 78.9 Å². The highest BCUT2D eigenvalue weighted by Gasteiger charge is 2.46. The number of hydrogen-bond acceptors (Lipinski definition) is 6. The Morgan fingerprint density at radius 2 is 1.79 bits per heavy atom. The van der Waals surface area contributed by atoms with Gasteiger partial charge >= 0.3 is 17.9 Å². The quantitative estimate of drug-likeness (QED) is 0.468. The van der Waals surface area contributed by atoms with Gasteiger partial charge in [-0.05, 0) is 5.56 Å². The van der Waals surface area contributed by atoms with Crippen LogP contribution in [0.15, 0.2) is 42.5 Å². The summed E-state index contributed by atoms with van der Waals surface area (Å²) in [7, 11) is 0. The minimum Gasteiger partial charge on any atom is -0.462 e. The van der Waals surface area contributed by atoms with Gasteiger partial charge in [0.05, 0.1) is 0 Å². The lowest BCUT2D eigenvalue weighted by atomic mass is 9.85. The summed E-state index contributed by atoms with van der Waals surface area (Å²) in [6, 6.07) is 9.07. The molecule has 1 fully saturated rings. The molecular weight excluding hydrogens is 312 g/mol. The lowest BCUT2D eigenvalue weighted by Crippen LogP contribution is -2.48. The van der Waals surface area contributed by atoms with Gasteiger partial charge in [-0.3, -0.25) is 14.4 Å². The van der Waals surface area contributed by atoms with Crippen LogP contribution in [0.25, 0.3) is 0 Å². The third-order valence-corrected chi connectivity index (χ3v) is 3.47. The van der Waals surface area contributed by atoms with E-state index in [-0.39, 0.29) is 6.61 Å². The third-order valence-electron chi connectivity index (χ3n) is 3.47. The second-order valence-corrected chi connectivity index (χ2v) is 5.89. The van der Waals surface area contributed by atoms with Crippen molar-refractivity contribution >= 4 is 17.9 Å². The molecule has 0 spiro atoms. The highest BCUT2D eigenvalue weighted by Crippen LogP contribution is 2.34. The maximum absolute atomic E-state index is 12.3. The molecule has 1 aliphatic heterocycles. The van der Waals surface area contributed by atoms with Gasteiger partial charge in [0.2, 0.25) is 0 Å². The van der Waals surface area contributed by atoms with Crippen LogP contribution in [0, 0.1) is 5.92 Å². The number of cyclic esters (lactones) is 2. The molecule has 1 atom stereocenters. The fourth-order valence-electron chi connectivity index (χ4n) is 2.48. The molecule has 1 heterocycles. The molecule has 0 aliphatic carbocycles. The Morgan fingerprint density at radius 1 is 1.21 bits per heavy atom. The molecule has 24 heavy (non-hydrogen) atoms. The molecule has 0 bridgehead atoms. The molecule has 128 valence electrons. The first-order valence-electron chi connectivity index (χ1n) is 7.61. The molecule has 0 aromatic heterocycles. The van der Waals surface area contributed by atoms with Crippen LogP contribution in [-0.2, 0) is 28.6 Å². The van der Waals surface area contributed by atoms with Gasteiger partial charge in [-0.15, -0.1) is 0 Å². The highest BCUT2D eigenvalue weighted by atomic mass is 16.7. The van der Waals surface area contributed by atoms with Crippen LogP contribution in [0.3, 0.4) is 0 Å². The predicted molar refractivity (Wildman–Crippen MR) is 84.7 cm³/mol. The van der Waals surface area contributed by atoms with E-state index in [4.69, 9.17) is 14.2 Å². The molecule has 0 saturated carbocycles. The first kappa shape index (κ1) is 17.7. The largest absolute Gasteiger partial charge is 0.462 e. The Bertz CT molecular complexity index is 627. The molecule has 1 aliphatic rings. The van der Waals surface area contributed by atoms with Gasteiger partial charge in [0, 0.05) is 26.7 Å². The molecule has 1 saturated heterocycles. The predicted octanol–water partition coefficient (Wildman–Crippen LogP) is 2.34. The van der Waals surface area contributed by atoms with E-state index in [9.17, 15) is 14.4 Å². The zero-order chi connectivity index (χ0) is 17.7. The van der Waals surface area contributed by atoms with E-state index in [0.29, 0.717) is 0 Å². The number of esters is 3. The summed E-state index contributed by atoms with van der Waals surface area (Å²) in [5.41, 5.74) is 0.759. The van der Waals surface area contributed by atoms with Crippen molar-refractivity contribution < 1.29 is 28.6 Å². The summed E-state index contributed by atoms with van der Waals surface area (Å²) in [5, 5.41) is 0. The number of carbonyl (C=O) groups excluding carboxylic acids is 3. The number of hydrogen-bond donors (Lipinski definition) is 0. The minimum absolute atomic E-state index is 0.0565. The number of benzene rings is 1. The third kappa shape index (κ3) is 4.44. The van der Waals surface area contributed by atoms with Crippen LogP contribution < -0.4 is 0 Å². The van der Waals surface area contributed by atoms with Gasteiger partial charge in [0.1, 0.15) is 6.61 Å². The van der Waals surface area contributed by atoms with E-state index in [1.807, 2.05) is 18.2 Å². The van der Waals surface area contributed by atoms with Crippen molar-refractivity contribution in [2.75, 3.05) is 6.61 Å². The number of rotatable bonds is 5. The van der Waals surface area contributed by atoms with Gasteiger partial charge in [-0.1, -0.05) is 42.5 Å². The minimum atomic E-state index is -1.27. The van der Waals surface area contributed by atoms with Crippen molar-refractivity contribution in [3.63, 3.8) is 0 Å². The number of allylic oxidation sites excluding steroid dienone is 1.